The van der Waals surface area contributed by atoms with Gasteiger partial charge in [0.25, 0.3) is 0 Å². The van der Waals surface area contributed by atoms with Gasteiger partial charge in [-0.15, -0.1) is 0 Å². The molecule has 0 fully saturated rings. The van der Waals surface area contributed by atoms with Crippen LogP contribution < -0.4 is 4.90 Å². The Morgan fingerprint density at radius 2 is 1.92 bits per heavy atom. The van der Waals surface area contributed by atoms with Gasteiger partial charge in [-0.1, -0.05) is 29.8 Å². The first-order chi connectivity index (χ1) is 11.6. The molecule has 0 aliphatic carbocycles. The number of hydrogen-bond acceptors (Lipinski definition) is 3. The second-order valence-electron chi connectivity index (χ2n) is 5.49. The highest BCUT2D eigenvalue weighted by Crippen LogP contribution is 2.24. The third kappa shape index (κ3) is 3.47. The number of fused-ring (bicyclic) bond motifs is 1. The highest BCUT2D eigenvalue weighted by molar-refractivity contribution is 7.84. The molecule has 1 atom stereocenters. The number of hydrogen-bond donors (Lipinski definition) is 1. The molecule has 0 saturated heterocycles. The van der Waals surface area contributed by atoms with E-state index in [0.29, 0.717) is 15.9 Å². The maximum atomic E-state index is 12.8. The summed E-state index contributed by atoms with van der Waals surface area (Å²) < 4.78 is 12.8. The lowest BCUT2D eigenvalue weighted by Gasteiger charge is -2.23. The number of imidazole rings is 1. The summed E-state index contributed by atoms with van der Waals surface area (Å²) in [6.45, 7) is 6.09. The van der Waals surface area contributed by atoms with Crippen molar-refractivity contribution in [3.8, 4) is 0 Å². The molecular weight excluding hydrogens is 342 g/mol. The van der Waals surface area contributed by atoms with Gasteiger partial charge in [-0.2, -0.15) is 0 Å². The lowest BCUT2D eigenvalue weighted by molar-refractivity contribution is 0.677. The van der Waals surface area contributed by atoms with Gasteiger partial charge in [0.1, 0.15) is 0 Å². The highest BCUT2D eigenvalue weighted by atomic mass is 35.5. The van der Waals surface area contributed by atoms with Gasteiger partial charge in [0.2, 0.25) is 0 Å². The number of aromatic nitrogens is 2. The van der Waals surface area contributed by atoms with Crippen molar-refractivity contribution in [2.45, 2.75) is 24.8 Å². The first kappa shape index (κ1) is 17.0. The number of H-pyrrole nitrogens is 1. The van der Waals surface area contributed by atoms with E-state index in [2.05, 4.69) is 34.8 Å². The summed E-state index contributed by atoms with van der Waals surface area (Å²) in [4.78, 5) is 9.83. The van der Waals surface area contributed by atoms with E-state index in [1.165, 1.54) is 0 Å². The Morgan fingerprint density at radius 1 is 1.17 bits per heavy atom. The molecule has 6 heteroatoms. The second kappa shape index (κ2) is 7.36. The summed E-state index contributed by atoms with van der Waals surface area (Å²) in [5, 5.41) is 1.12. The van der Waals surface area contributed by atoms with Gasteiger partial charge in [-0.25, -0.2) is 4.98 Å². The van der Waals surface area contributed by atoms with Crippen molar-refractivity contribution in [2.75, 3.05) is 18.0 Å². The molecule has 1 heterocycles. The number of nitrogens with one attached hydrogen (secondary N) is 1. The molecule has 0 amide bonds. The average molecular weight is 362 g/mol. The minimum absolute atomic E-state index is 0.431. The standard InChI is InChI=1S/C18H20ClN3OS/c1-3-22(4-2)17-8-6-5-7-13(17)12-24(23)18-20-15-10-9-14(19)11-16(15)21-18/h5-11H,3-4,12H2,1-2H3,(H,20,21). The van der Waals surface area contributed by atoms with Crippen LogP contribution in [0.25, 0.3) is 11.0 Å². The van der Waals surface area contributed by atoms with Crippen molar-refractivity contribution in [1.29, 1.82) is 0 Å². The van der Waals surface area contributed by atoms with E-state index in [1.807, 2.05) is 24.3 Å². The van der Waals surface area contributed by atoms with Crippen LogP contribution in [0.15, 0.2) is 47.6 Å². The lowest BCUT2D eigenvalue weighted by Crippen LogP contribution is -2.23. The monoisotopic (exact) mass is 361 g/mol. The summed E-state index contributed by atoms with van der Waals surface area (Å²) in [5.74, 6) is 0.431. The molecule has 0 spiro atoms. The van der Waals surface area contributed by atoms with Crippen LogP contribution in [0.2, 0.25) is 5.02 Å². The first-order valence-electron chi connectivity index (χ1n) is 7.98. The number of aromatic amines is 1. The maximum Gasteiger partial charge on any atom is 0.197 e. The molecule has 0 aliphatic rings. The summed E-state index contributed by atoms with van der Waals surface area (Å²) in [7, 11) is -1.24. The van der Waals surface area contributed by atoms with Gasteiger partial charge in [0, 0.05) is 23.8 Å². The SMILES string of the molecule is CCN(CC)c1ccccc1CS(=O)c1nc2ccc(Cl)cc2[nH]1. The summed E-state index contributed by atoms with van der Waals surface area (Å²) in [6.07, 6.45) is 0. The van der Waals surface area contributed by atoms with E-state index >= 15 is 0 Å². The van der Waals surface area contributed by atoms with E-state index in [1.54, 1.807) is 12.1 Å². The molecule has 0 radical (unpaired) electrons. The fraction of sp³-hybridized carbons (Fsp3) is 0.278. The molecule has 2 aromatic carbocycles. The zero-order chi connectivity index (χ0) is 17.1. The van der Waals surface area contributed by atoms with Crippen LogP contribution in [-0.4, -0.2) is 27.3 Å². The summed E-state index contributed by atoms with van der Waals surface area (Å²) in [6, 6.07) is 13.5. The number of benzene rings is 2. The zero-order valence-electron chi connectivity index (χ0n) is 13.8. The van der Waals surface area contributed by atoms with E-state index in [-0.39, 0.29) is 0 Å². The topological polar surface area (TPSA) is 49.0 Å². The summed E-state index contributed by atoms with van der Waals surface area (Å²) >= 11 is 6.00. The fourth-order valence-electron chi connectivity index (χ4n) is 2.78. The van der Waals surface area contributed by atoms with Crippen LogP contribution in [0.5, 0.6) is 0 Å². The van der Waals surface area contributed by atoms with Crippen LogP contribution in [0.4, 0.5) is 5.69 Å². The van der Waals surface area contributed by atoms with Crippen LogP contribution in [-0.2, 0) is 16.6 Å². The second-order valence-corrected chi connectivity index (χ2v) is 7.30. The number of para-hydroxylation sites is 1. The molecule has 24 heavy (non-hydrogen) atoms. The first-order valence-corrected chi connectivity index (χ1v) is 9.68. The van der Waals surface area contributed by atoms with E-state index < -0.39 is 10.8 Å². The van der Waals surface area contributed by atoms with Gasteiger partial charge < -0.3 is 9.88 Å². The lowest BCUT2D eigenvalue weighted by atomic mass is 10.2. The number of rotatable bonds is 6. The van der Waals surface area contributed by atoms with Crippen molar-refractivity contribution in [2.24, 2.45) is 0 Å². The van der Waals surface area contributed by atoms with Crippen molar-refractivity contribution in [3.05, 3.63) is 53.1 Å². The Morgan fingerprint density at radius 3 is 2.67 bits per heavy atom. The quantitative estimate of drug-likeness (QED) is 0.709. The minimum atomic E-state index is -1.24. The Hall–Kier alpha value is -1.85. The van der Waals surface area contributed by atoms with Crippen molar-refractivity contribution in [1.82, 2.24) is 9.97 Å². The molecule has 3 rings (SSSR count). The molecule has 0 saturated carbocycles. The Kier molecular flexibility index (Phi) is 5.21. The normalized spacial score (nSPS) is 12.5. The van der Waals surface area contributed by atoms with E-state index in [0.717, 1.165) is 35.4 Å². The average Bonchev–Trinajstić information content (AvgIpc) is 3.00. The largest absolute Gasteiger partial charge is 0.372 e. The maximum absolute atomic E-state index is 12.8. The number of anilines is 1. The predicted octanol–water partition coefficient (Wildman–Crippen LogP) is 4.37. The molecule has 1 N–H and O–H groups in total. The highest BCUT2D eigenvalue weighted by Gasteiger charge is 2.15. The van der Waals surface area contributed by atoms with Gasteiger partial charge in [-0.3, -0.25) is 4.21 Å². The van der Waals surface area contributed by atoms with Crippen molar-refractivity contribution < 1.29 is 4.21 Å². The molecule has 0 aliphatic heterocycles. The van der Waals surface area contributed by atoms with Gasteiger partial charge in [-0.05, 0) is 43.7 Å². The van der Waals surface area contributed by atoms with E-state index in [4.69, 9.17) is 11.6 Å². The van der Waals surface area contributed by atoms with Crippen LogP contribution in [0.3, 0.4) is 0 Å². The minimum Gasteiger partial charge on any atom is -0.372 e. The van der Waals surface area contributed by atoms with E-state index in [9.17, 15) is 4.21 Å². The van der Waals surface area contributed by atoms with Gasteiger partial charge in [0.15, 0.2) is 5.16 Å². The molecule has 4 nitrogen and oxygen atoms in total. The number of nitrogens with zero attached hydrogens (tertiary/aromatic N) is 2. The molecule has 0 bridgehead atoms. The molecule has 3 aromatic rings. The molecular formula is C18H20ClN3OS. The summed E-state index contributed by atoms with van der Waals surface area (Å²) in [5.41, 5.74) is 3.79. The van der Waals surface area contributed by atoms with Crippen LogP contribution >= 0.6 is 11.6 Å². The zero-order valence-corrected chi connectivity index (χ0v) is 15.3. The Bertz CT molecular complexity index is 874. The molecule has 126 valence electrons. The van der Waals surface area contributed by atoms with Gasteiger partial charge in [0.05, 0.1) is 27.6 Å². The van der Waals surface area contributed by atoms with Crippen LogP contribution in [0, 0.1) is 0 Å². The molecule has 1 aromatic heterocycles. The third-order valence-corrected chi connectivity index (χ3v) is 5.45. The smallest absolute Gasteiger partial charge is 0.197 e. The molecule has 1 unspecified atom stereocenters. The van der Waals surface area contributed by atoms with Crippen molar-refractivity contribution in [3.63, 3.8) is 0 Å². The fourth-order valence-corrected chi connectivity index (χ4v) is 4.04. The van der Waals surface area contributed by atoms with Crippen LogP contribution in [0.1, 0.15) is 19.4 Å². The van der Waals surface area contributed by atoms with Crippen molar-refractivity contribution >= 4 is 39.1 Å². The Labute approximate surface area is 149 Å². The Balaban J connectivity index is 1.89. The predicted molar refractivity (Wildman–Crippen MR) is 101 cm³/mol. The third-order valence-electron chi connectivity index (χ3n) is 4.02. The number of halogens is 1. The van der Waals surface area contributed by atoms with Gasteiger partial charge >= 0.3 is 0 Å².